The second-order valence-corrected chi connectivity index (χ2v) is 12.1. The summed E-state index contributed by atoms with van der Waals surface area (Å²) in [6.45, 7) is 3.87. The van der Waals surface area contributed by atoms with E-state index in [9.17, 15) is 13.2 Å². The number of esters is 1. The lowest BCUT2D eigenvalue weighted by Crippen LogP contribution is -2.44. The van der Waals surface area contributed by atoms with Crippen molar-refractivity contribution >= 4 is 16.1 Å². The molecule has 8 heteroatoms. The molecule has 3 aliphatic carbocycles. The lowest BCUT2D eigenvalue weighted by Gasteiger charge is -2.51. The summed E-state index contributed by atoms with van der Waals surface area (Å²) < 4.78 is 48.0. The molecule has 2 aromatic rings. The normalized spacial score (nSPS) is 28.9. The maximum atomic E-state index is 13.0. The third-order valence-electron chi connectivity index (χ3n) is 8.80. The lowest BCUT2D eigenvalue weighted by molar-refractivity contribution is -0.150. The van der Waals surface area contributed by atoms with Gasteiger partial charge in [-0.25, -0.2) is 0 Å². The van der Waals surface area contributed by atoms with Crippen LogP contribution in [0.15, 0.2) is 41.3 Å². The van der Waals surface area contributed by atoms with E-state index in [0.717, 1.165) is 44.1 Å². The van der Waals surface area contributed by atoms with Crippen molar-refractivity contribution in [1.29, 1.82) is 0 Å². The Labute approximate surface area is 213 Å². The molecule has 5 rings (SSSR count). The molecule has 5 atom stereocenters. The minimum Gasteiger partial charge on any atom is -0.497 e. The second-order valence-electron chi connectivity index (χ2n) is 10.5. The van der Waals surface area contributed by atoms with Crippen molar-refractivity contribution in [2.24, 2.45) is 17.3 Å². The number of carbonyl (C=O) groups excluding carboxylic acids is 1. The smallest absolute Gasteiger partial charge is 0.339 e. The van der Waals surface area contributed by atoms with Gasteiger partial charge in [-0.2, -0.15) is 8.42 Å². The maximum absolute atomic E-state index is 13.0. The van der Waals surface area contributed by atoms with Gasteiger partial charge >= 0.3 is 16.1 Å². The first-order valence-electron chi connectivity index (χ1n) is 12.6. The number of hydrogen-bond acceptors (Lipinski definition) is 7. The standard InChI is InChI=1S/C28H34O7S/c1-17(29)34-25-13-14-28(2)23-11-5-18-15-27(26(33-4)16-22(18)21(23)10-12-24(25)28)35-36(30,31)20-8-6-19(32-3)7-9-20/h6-9,15-16,21,23-25H,5,10-14H2,1-4H3/t21?,23?,24?,25-,28+/m0/s1. The molecule has 2 fully saturated rings. The summed E-state index contributed by atoms with van der Waals surface area (Å²) in [4.78, 5) is 11.7. The fourth-order valence-corrected chi connectivity index (χ4v) is 8.07. The quantitative estimate of drug-likeness (QED) is 0.384. The van der Waals surface area contributed by atoms with Gasteiger partial charge in [0.2, 0.25) is 0 Å². The molecule has 7 nitrogen and oxygen atoms in total. The predicted molar refractivity (Wildman–Crippen MR) is 134 cm³/mol. The molecule has 0 spiro atoms. The van der Waals surface area contributed by atoms with Gasteiger partial charge in [-0.1, -0.05) is 6.92 Å². The number of fused-ring (bicyclic) bond motifs is 5. The minimum absolute atomic E-state index is 0.0170. The number of carbonyl (C=O) groups is 1. The van der Waals surface area contributed by atoms with Crippen LogP contribution in [-0.2, 0) is 26.1 Å². The molecule has 3 aliphatic rings. The molecule has 2 saturated carbocycles. The van der Waals surface area contributed by atoms with Crippen LogP contribution < -0.4 is 13.7 Å². The summed E-state index contributed by atoms with van der Waals surface area (Å²) >= 11 is 0. The average molecular weight is 515 g/mol. The first-order valence-corrected chi connectivity index (χ1v) is 14.0. The Morgan fingerprint density at radius 2 is 1.69 bits per heavy atom. The number of ether oxygens (including phenoxy) is 3. The van der Waals surface area contributed by atoms with E-state index >= 15 is 0 Å². The summed E-state index contributed by atoms with van der Waals surface area (Å²) in [6.07, 6.45) is 5.91. The topological polar surface area (TPSA) is 88.1 Å². The monoisotopic (exact) mass is 514 g/mol. The van der Waals surface area contributed by atoms with Gasteiger partial charge in [-0.3, -0.25) is 4.79 Å². The van der Waals surface area contributed by atoms with E-state index in [1.165, 1.54) is 38.8 Å². The third-order valence-corrected chi connectivity index (χ3v) is 10.0. The van der Waals surface area contributed by atoms with E-state index in [1.54, 1.807) is 12.1 Å². The molecule has 0 heterocycles. The van der Waals surface area contributed by atoms with Gasteiger partial charge < -0.3 is 18.4 Å². The molecule has 0 aromatic heterocycles. The molecule has 2 aromatic carbocycles. The van der Waals surface area contributed by atoms with Crippen LogP contribution in [0.3, 0.4) is 0 Å². The third kappa shape index (κ3) is 4.23. The van der Waals surface area contributed by atoms with Crippen molar-refractivity contribution in [2.75, 3.05) is 14.2 Å². The van der Waals surface area contributed by atoms with Gasteiger partial charge in [0, 0.05) is 12.8 Å². The van der Waals surface area contributed by atoms with E-state index in [0.29, 0.717) is 29.3 Å². The number of aryl methyl sites for hydroxylation is 1. The maximum Gasteiger partial charge on any atom is 0.339 e. The Hall–Kier alpha value is -2.74. The first-order chi connectivity index (χ1) is 17.2. The van der Waals surface area contributed by atoms with E-state index < -0.39 is 10.1 Å². The van der Waals surface area contributed by atoms with Gasteiger partial charge in [-0.15, -0.1) is 0 Å². The SMILES string of the molecule is COc1ccc(S(=O)(=O)Oc2cc3c(cc2OC)C2CCC4[C@@H](OC(C)=O)CC[C@]4(C)C2CC3)cc1. The molecule has 0 N–H and O–H groups in total. The van der Waals surface area contributed by atoms with Crippen molar-refractivity contribution < 1.29 is 31.6 Å². The number of rotatable bonds is 6. The zero-order valence-electron chi connectivity index (χ0n) is 21.3. The fraction of sp³-hybridized carbons (Fsp3) is 0.536. The van der Waals surface area contributed by atoms with Crippen molar-refractivity contribution in [3.8, 4) is 17.2 Å². The largest absolute Gasteiger partial charge is 0.497 e. The Kier molecular flexibility index (Phi) is 6.43. The van der Waals surface area contributed by atoms with Crippen LogP contribution in [0.5, 0.6) is 17.2 Å². The van der Waals surface area contributed by atoms with Gasteiger partial charge in [-0.05, 0) is 103 Å². The molecular weight excluding hydrogens is 480 g/mol. The average Bonchev–Trinajstić information content (AvgIpc) is 3.18. The van der Waals surface area contributed by atoms with Crippen LogP contribution in [0.4, 0.5) is 0 Å². The Morgan fingerprint density at radius 1 is 0.944 bits per heavy atom. The van der Waals surface area contributed by atoms with Crippen LogP contribution in [0, 0.1) is 17.3 Å². The zero-order chi connectivity index (χ0) is 25.7. The van der Waals surface area contributed by atoms with E-state index in [4.69, 9.17) is 18.4 Å². The first kappa shape index (κ1) is 24.9. The molecule has 194 valence electrons. The van der Waals surface area contributed by atoms with Gasteiger partial charge in [0.05, 0.1) is 14.2 Å². The van der Waals surface area contributed by atoms with Crippen LogP contribution >= 0.6 is 0 Å². The highest BCUT2D eigenvalue weighted by atomic mass is 32.2. The molecule has 36 heavy (non-hydrogen) atoms. The summed E-state index contributed by atoms with van der Waals surface area (Å²) in [6, 6.07) is 9.93. The predicted octanol–water partition coefficient (Wildman–Crippen LogP) is 5.26. The summed E-state index contributed by atoms with van der Waals surface area (Å²) in [5.41, 5.74) is 2.47. The van der Waals surface area contributed by atoms with Crippen LogP contribution in [0.1, 0.15) is 63.0 Å². The lowest BCUT2D eigenvalue weighted by atomic mass is 9.53. The molecular formula is C28H34O7S. The molecule has 0 aliphatic heterocycles. The number of methoxy groups -OCH3 is 2. The van der Waals surface area contributed by atoms with Crippen LogP contribution in [0.25, 0.3) is 0 Å². The van der Waals surface area contributed by atoms with Crippen molar-refractivity contribution in [3.05, 3.63) is 47.5 Å². The van der Waals surface area contributed by atoms with E-state index in [-0.39, 0.29) is 28.1 Å². The molecule has 0 amide bonds. The van der Waals surface area contributed by atoms with Crippen molar-refractivity contribution in [2.45, 2.75) is 69.3 Å². The fourth-order valence-electron chi connectivity index (χ4n) is 7.14. The summed E-state index contributed by atoms with van der Waals surface area (Å²) in [5, 5.41) is 0. The number of benzene rings is 2. The Morgan fingerprint density at radius 3 is 2.36 bits per heavy atom. The second kappa shape index (κ2) is 9.29. The van der Waals surface area contributed by atoms with Gasteiger partial charge in [0.25, 0.3) is 0 Å². The molecule has 0 bridgehead atoms. The van der Waals surface area contributed by atoms with E-state index in [1.807, 2.05) is 12.1 Å². The highest BCUT2D eigenvalue weighted by molar-refractivity contribution is 7.87. The van der Waals surface area contributed by atoms with Crippen molar-refractivity contribution in [3.63, 3.8) is 0 Å². The molecule has 0 radical (unpaired) electrons. The summed E-state index contributed by atoms with van der Waals surface area (Å²) in [7, 11) is -0.972. The minimum atomic E-state index is -4.04. The number of hydrogen-bond donors (Lipinski definition) is 0. The van der Waals surface area contributed by atoms with Crippen LogP contribution in [0.2, 0.25) is 0 Å². The van der Waals surface area contributed by atoms with Gasteiger partial charge in [0.1, 0.15) is 16.7 Å². The Bertz CT molecular complexity index is 1250. The highest BCUT2D eigenvalue weighted by Crippen LogP contribution is 2.63. The highest BCUT2D eigenvalue weighted by Gasteiger charge is 2.56. The van der Waals surface area contributed by atoms with E-state index in [2.05, 4.69) is 6.92 Å². The zero-order valence-corrected chi connectivity index (χ0v) is 22.1. The summed E-state index contributed by atoms with van der Waals surface area (Å²) in [5.74, 6) is 2.26. The van der Waals surface area contributed by atoms with Crippen molar-refractivity contribution in [1.82, 2.24) is 0 Å². The van der Waals surface area contributed by atoms with Crippen LogP contribution in [-0.4, -0.2) is 34.7 Å². The Balaban J connectivity index is 1.42. The molecule has 0 saturated heterocycles. The van der Waals surface area contributed by atoms with Gasteiger partial charge in [0.15, 0.2) is 11.5 Å². The molecule has 3 unspecified atom stereocenters.